The second kappa shape index (κ2) is 6.12. The topological polar surface area (TPSA) is 35.2 Å². The lowest BCUT2D eigenvalue weighted by atomic mass is 10.1. The number of aryl methyl sites for hydroxylation is 2. The standard InChI is InChI=1S/C13H20ClNO/c1-9-7-12(8-10(2)13(9)14)16-11(3)5-4-6-15/h7-8,11H,4-6,15H2,1-3H3. The number of benzene rings is 1. The molecular formula is C13H20ClNO. The quantitative estimate of drug-likeness (QED) is 0.857. The molecule has 0 aliphatic carbocycles. The van der Waals surface area contributed by atoms with Crippen LogP contribution in [0.25, 0.3) is 0 Å². The molecule has 0 saturated carbocycles. The van der Waals surface area contributed by atoms with E-state index in [9.17, 15) is 0 Å². The van der Waals surface area contributed by atoms with Crippen molar-refractivity contribution in [1.82, 2.24) is 0 Å². The summed E-state index contributed by atoms with van der Waals surface area (Å²) in [6, 6.07) is 3.96. The Labute approximate surface area is 103 Å². The molecule has 1 aromatic rings. The third-order valence-corrected chi connectivity index (χ3v) is 3.16. The average Bonchev–Trinajstić information content (AvgIpc) is 2.23. The highest BCUT2D eigenvalue weighted by Crippen LogP contribution is 2.26. The van der Waals surface area contributed by atoms with Crippen molar-refractivity contribution in [2.75, 3.05) is 6.54 Å². The Kier molecular flexibility index (Phi) is 5.10. The van der Waals surface area contributed by atoms with Gasteiger partial charge in [0.1, 0.15) is 5.75 Å². The zero-order valence-corrected chi connectivity index (χ0v) is 11.0. The van der Waals surface area contributed by atoms with Crippen LogP contribution in [0.15, 0.2) is 12.1 Å². The van der Waals surface area contributed by atoms with Gasteiger partial charge in [0.25, 0.3) is 0 Å². The first-order chi connectivity index (χ1) is 7.54. The Balaban J connectivity index is 2.67. The van der Waals surface area contributed by atoms with E-state index in [-0.39, 0.29) is 6.10 Å². The zero-order valence-electron chi connectivity index (χ0n) is 10.2. The molecule has 0 aromatic heterocycles. The van der Waals surface area contributed by atoms with Crippen LogP contribution in [-0.2, 0) is 0 Å². The molecule has 0 aliphatic heterocycles. The van der Waals surface area contributed by atoms with E-state index in [0.29, 0.717) is 6.54 Å². The maximum atomic E-state index is 6.10. The van der Waals surface area contributed by atoms with Gasteiger partial charge in [0.15, 0.2) is 0 Å². The molecule has 0 saturated heterocycles. The highest BCUT2D eigenvalue weighted by molar-refractivity contribution is 6.32. The fraction of sp³-hybridized carbons (Fsp3) is 0.538. The van der Waals surface area contributed by atoms with E-state index in [1.54, 1.807) is 0 Å². The van der Waals surface area contributed by atoms with E-state index in [2.05, 4.69) is 6.92 Å². The van der Waals surface area contributed by atoms with Crippen molar-refractivity contribution in [2.24, 2.45) is 5.73 Å². The molecule has 90 valence electrons. The van der Waals surface area contributed by atoms with Gasteiger partial charge in [0, 0.05) is 5.02 Å². The van der Waals surface area contributed by atoms with Crippen molar-refractivity contribution >= 4 is 11.6 Å². The van der Waals surface area contributed by atoms with Crippen molar-refractivity contribution in [3.05, 3.63) is 28.3 Å². The first kappa shape index (κ1) is 13.3. The van der Waals surface area contributed by atoms with Crippen LogP contribution in [0.4, 0.5) is 0 Å². The van der Waals surface area contributed by atoms with Crippen LogP contribution in [0.1, 0.15) is 30.9 Å². The van der Waals surface area contributed by atoms with Crippen molar-refractivity contribution in [2.45, 2.75) is 39.7 Å². The highest BCUT2D eigenvalue weighted by Gasteiger charge is 2.07. The Morgan fingerprint density at radius 1 is 1.31 bits per heavy atom. The van der Waals surface area contributed by atoms with Gasteiger partial charge in [-0.2, -0.15) is 0 Å². The SMILES string of the molecule is Cc1cc(OC(C)CCCN)cc(C)c1Cl. The summed E-state index contributed by atoms with van der Waals surface area (Å²) < 4.78 is 5.82. The highest BCUT2D eigenvalue weighted by atomic mass is 35.5. The first-order valence-electron chi connectivity index (χ1n) is 5.68. The molecule has 16 heavy (non-hydrogen) atoms. The van der Waals surface area contributed by atoms with Gasteiger partial charge in [-0.3, -0.25) is 0 Å². The Morgan fingerprint density at radius 3 is 2.38 bits per heavy atom. The van der Waals surface area contributed by atoms with E-state index in [1.165, 1.54) is 0 Å². The second-order valence-corrected chi connectivity index (χ2v) is 4.61. The predicted octanol–water partition coefficient (Wildman–Crippen LogP) is 3.46. The molecule has 1 atom stereocenters. The molecule has 0 bridgehead atoms. The first-order valence-corrected chi connectivity index (χ1v) is 6.06. The molecule has 2 N–H and O–H groups in total. The summed E-state index contributed by atoms with van der Waals surface area (Å²) in [5.74, 6) is 0.893. The minimum Gasteiger partial charge on any atom is -0.491 e. The molecule has 1 unspecified atom stereocenters. The van der Waals surface area contributed by atoms with Gasteiger partial charge in [-0.1, -0.05) is 11.6 Å². The van der Waals surface area contributed by atoms with Crippen LogP contribution in [0, 0.1) is 13.8 Å². The van der Waals surface area contributed by atoms with E-state index in [4.69, 9.17) is 22.1 Å². The van der Waals surface area contributed by atoms with Gasteiger partial charge >= 0.3 is 0 Å². The molecular weight excluding hydrogens is 222 g/mol. The van der Waals surface area contributed by atoms with Gasteiger partial charge in [-0.25, -0.2) is 0 Å². The van der Waals surface area contributed by atoms with Gasteiger partial charge in [-0.05, 0) is 63.4 Å². The molecule has 2 nitrogen and oxygen atoms in total. The van der Waals surface area contributed by atoms with Crippen molar-refractivity contribution < 1.29 is 4.74 Å². The fourth-order valence-corrected chi connectivity index (χ4v) is 1.78. The summed E-state index contributed by atoms with van der Waals surface area (Å²) in [5, 5.41) is 0.821. The summed E-state index contributed by atoms with van der Waals surface area (Å²) in [5.41, 5.74) is 7.58. The normalized spacial score (nSPS) is 12.6. The number of hydrogen-bond acceptors (Lipinski definition) is 2. The number of rotatable bonds is 5. The second-order valence-electron chi connectivity index (χ2n) is 4.23. The van der Waals surface area contributed by atoms with E-state index >= 15 is 0 Å². The minimum atomic E-state index is 0.198. The molecule has 0 fully saturated rings. The Morgan fingerprint density at radius 2 is 1.88 bits per heavy atom. The lowest BCUT2D eigenvalue weighted by Crippen LogP contribution is -2.14. The summed E-state index contributed by atoms with van der Waals surface area (Å²) in [6.07, 6.45) is 2.17. The molecule has 1 rings (SSSR count). The summed E-state index contributed by atoms with van der Waals surface area (Å²) in [7, 11) is 0. The third-order valence-electron chi connectivity index (χ3n) is 2.56. The van der Waals surface area contributed by atoms with E-state index in [0.717, 1.165) is 34.7 Å². The van der Waals surface area contributed by atoms with Crippen LogP contribution < -0.4 is 10.5 Å². The Bertz CT molecular complexity index is 329. The van der Waals surface area contributed by atoms with Gasteiger partial charge in [-0.15, -0.1) is 0 Å². The number of ether oxygens (including phenoxy) is 1. The minimum absolute atomic E-state index is 0.198. The van der Waals surface area contributed by atoms with Crippen LogP contribution in [0.5, 0.6) is 5.75 Å². The lowest BCUT2D eigenvalue weighted by molar-refractivity contribution is 0.208. The summed E-state index contributed by atoms with van der Waals surface area (Å²) >= 11 is 6.10. The molecule has 0 radical (unpaired) electrons. The molecule has 0 heterocycles. The maximum Gasteiger partial charge on any atom is 0.120 e. The maximum absolute atomic E-state index is 6.10. The van der Waals surface area contributed by atoms with Crippen molar-refractivity contribution in [3.8, 4) is 5.75 Å². The zero-order chi connectivity index (χ0) is 12.1. The molecule has 0 amide bonds. The molecule has 1 aromatic carbocycles. The van der Waals surface area contributed by atoms with Crippen LogP contribution >= 0.6 is 11.6 Å². The predicted molar refractivity (Wildman–Crippen MR) is 69.3 cm³/mol. The number of nitrogens with two attached hydrogens (primary N) is 1. The fourth-order valence-electron chi connectivity index (χ4n) is 1.67. The molecule has 3 heteroatoms. The van der Waals surface area contributed by atoms with Gasteiger partial charge in [0.2, 0.25) is 0 Å². The molecule has 0 spiro atoms. The summed E-state index contributed by atoms with van der Waals surface area (Å²) in [4.78, 5) is 0. The van der Waals surface area contributed by atoms with Crippen LogP contribution in [0.3, 0.4) is 0 Å². The van der Waals surface area contributed by atoms with Crippen LogP contribution in [0.2, 0.25) is 5.02 Å². The Hall–Kier alpha value is -0.730. The largest absolute Gasteiger partial charge is 0.491 e. The van der Waals surface area contributed by atoms with Crippen LogP contribution in [-0.4, -0.2) is 12.6 Å². The van der Waals surface area contributed by atoms with E-state index in [1.807, 2.05) is 26.0 Å². The van der Waals surface area contributed by atoms with Gasteiger partial charge in [0.05, 0.1) is 6.10 Å². The van der Waals surface area contributed by atoms with Crippen molar-refractivity contribution in [1.29, 1.82) is 0 Å². The van der Waals surface area contributed by atoms with Crippen molar-refractivity contribution in [3.63, 3.8) is 0 Å². The van der Waals surface area contributed by atoms with E-state index < -0.39 is 0 Å². The number of halogens is 1. The summed E-state index contributed by atoms with van der Waals surface area (Å²) in [6.45, 7) is 6.76. The monoisotopic (exact) mass is 241 g/mol. The third kappa shape index (κ3) is 3.69. The smallest absolute Gasteiger partial charge is 0.120 e. The average molecular weight is 242 g/mol. The lowest BCUT2D eigenvalue weighted by Gasteiger charge is -2.16. The van der Waals surface area contributed by atoms with Gasteiger partial charge < -0.3 is 10.5 Å². The number of hydrogen-bond donors (Lipinski definition) is 1. The molecule has 0 aliphatic rings.